The van der Waals surface area contributed by atoms with Crippen LogP contribution in [0.5, 0.6) is 0 Å². The molecule has 134 valence electrons. The average Bonchev–Trinajstić information content (AvgIpc) is 2.47. The van der Waals surface area contributed by atoms with Crippen molar-refractivity contribution < 1.29 is 13.9 Å². The number of aromatic nitrogens is 2. The summed E-state index contributed by atoms with van der Waals surface area (Å²) in [6.07, 6.45) is 3.58. The molecule has 0 saturated carbocycles. The van der Waals surface area contributed by atoms with Gasteiger partial charge in [-0.15, -0.1) is 0 Å². The maximum absolute atomic E-state index is 15.1. The molecule has 24 heavy (non-hydrogen) atoms. The Morgan fingerprint density at radius 1 is 1.33 bits per heavy atom. The molecular formula is C17H27FN4O2. The van der Waals surface area contributed by atoms with Crippen molar-refractivity contribution in [2.24, 2.45) is 0 Å². The highest BCUT2D eigenvalue weighted by Gasteiger charge is 2.36. The van der Waals surface area contributed by atoms with Gasteiger partial charge in [-0.3, -0.25) is 4.90 Å². The van der Waals surface area contributed by atoms with E-state index in [9.17, 15) is 4.79 Å². The highest BCUT2D eigenvalue weighted by Crippen LogP contribution is 2.26. The maximum atomic E-state index is 15.1. The number of hydrogen-bond donors (Lipinski definition) is 1. The number of ether oxygens (including phenoxy) is 1. The van der Waals surface area contributed by atoms with Crippen molar-refractivity contribution in [2.75, 3.05) is 19.6 Å². The Balaban J connectivity index is 2.13. The summed E-state index contributed by atoms with van der Waals surface area (Å²) in [6.45, 7) is 8.61. The SMILES string of the molecule is Cc1cnc(CN(CC2(F)CCNCC2)C(=O)OC(C)(C)C)nc1. The first-order chi connectivity index (χ1) is 11.2. The Morgan fingerprint density at radius 3 is 2.46 bits per heavy atom. The van der Waals surface area contributed by atoms with Gasteiger partial charge in [-0.05, 0) is 59.2 Å². The fraction of sp³-hybridized carbons (Fsp3) is 0.706. The van der Waals surface area contributed by atoms with Crippen LogP contribution >= 0.6 is 0 Å². The van der Waals surface area contributed by atoms with Gasteiger partial charge in [0.25, 0.3) is 0 Å². The smallest absolute Gasteiger partial charge is 0.410 e. The molecule has 1 fully saturated rings. The standard InChI is InChI=1S/C17H27FN4O2/c1-13-9-20-14(21-10-13)11-22(15(23)24-16(2,3)4)12-17(18)5-7-19-8-6-17/h9-10,19H,5-8,11-12H2,1-4H3. The number of alkyl halides is 1. The summed E-state index contributed by atoms with van der Waals surface area (Å²) in [6, 6.07) is 0. The van der Waals surface area contributed by atoms with Crippen LogP contribution in [0.2, 0.25) is 0 Å². The molecule has 1 aromatic heterocycles. The molecule has 6 nitrogen and oxygen atoms in total. The number of rotatable bonds is 4. The summed E-state index contributed by atoms with van der Waals surface area (Å²) >= 11 is 0. The molecule has 0 radical (unpaired) electrons. The second-order valence-corrected chi connectivity index (χ2v) is 7.41. The fourth-order valence-corrected chi connectivity index (χ4v) is 2.56. The van der Waals surface area contributed by atoms with E-state index in [1.54, 1.807) is 33.2 Å². The van der Waals surface area contributed by atoms with Crippen molar-refractivity contribution in [1.82, 2.24) is 20.2 Å². The Hall–Kier alpha value is -1.76. The Labute approximate surface area is 142 Å². The second kappa shape index (κ2) is 7.42. The van der Waals surface area contributed by atoms with E-state index in [1.165, 1.54) is 4.90 Å². The van der Waals surface area contributed by atoms with Crippen LogP contribution in [0.4, 0.5) is 9.18 Å². The molecular weight excluding hydrogens is 311 g/mol. The van der Waals surface area contributed by atoms with Gasteiger partial charge < -0.3 is 10.1 Å². The van der Waals surface area contributed by atoms with E-state index in [4.69, 9.17) is 4.74 Å². The molecule has 0 spiro atoms. The number of aryl methyl sites for hydroxylation is 1. The third-order valence-corrected chi connectivity index (χ3v) is 3.79. The number of carbonyl (C=O) groups excluding carboxylic acids is 1. The van der Waals surface area contributed by atoms with E-state index in [-0.39, 0.29) is 13.1 Å². The van der Waals surface area contributed by atoms with Crippen molar-refractivity contribution >= 4 is 6.09 Å². The van der Waals surface area contributed by atoms with Gasteiger partial charge in [0.1, 0.15) is 17.1 Å². The lowest BCUT2D eigenvalue weighted by Gasteiger charge is -2.35. The van der Waals surface area contributed by atoms with Gasteiger partial charge in [0.05, 0.1) is 13.1 Å². The molecule has 2 heterocycles. The summed E-state index contributed by atoms with van der Waals surface area (Å²) in [7, 11) is 0. The largest absolute Gasteiger partial charge is 0.444 e. The molecule has 1 aromatic rings. The van der Waals surface area contributed by atoms with Gasteiger partial charge in [-0.1, -0.05) is 0 Å². The van der Waals surface area contributed by atoms with E-state index >= 15 is 4.39 Å². The molecule has 1 amide bonds. The summed E-state index contributed by atoms with van der Waals surface area (Å²) in [5.74, 6) is 0.476. The molecule has 0 aromatic carbocycles. The molecule has 0 atom stereocenters. The molecule has 0 aliphatic carbocycles. The Kier molecular flexibility index (Phi) is 5.74. The normalized spacial score (nSPS) is 17.4. The second-order valence-electron chi connectivity index (χ2n) is 7.41. The number of hydrogen-bond acceptors (Lipinski definition) is 5. The minimum absolute atomic E-state index is 0.0131. The summed E-state index contributed by atoms with van der Waals surface area (Å²) in [5, 5.41) is 3.14. The first-order valence-corrected chi connectivity index (χ1v) is 8.32. The van der Waals surface area contributed by atoms with Crippen LogP contribution < -0.4 is 5.32 Å². The van der Waals surface area contributed by atoms with E-state index < -0.39 is 17.4 Å². The molecule has 1 aliphatic heterocycles. The number of amides is 1. The van der Waals surface area contributed by atoms with Crippen LogP contribution in [-0.4, -0.2) is 51.9 Å². The van der Waals surface area contributed by atoms with Crippen molar-refractivity contribution in [3.05, 3.63) is 23.8 Å². The van der Waals surface area contributed by atoms with Crippen LogP contribution in [0.25, 0.3) is 0 Å². The minimum Gasteiger partial charge on any atom is -0.444 e. The van der Waals surface area contributed by atoms with Gasteiger partial charge in [0.15, 0.2) is 0 Å². The summed E-state index contributed by atoms with van der Waals surface area (Å²) in [4.78, 5) is 22.3. The molecule has 1 aliphatic rings. The van der Waals surface area contributed by atoms with Crippen LogP contribution in [0.15, 0.2) is 12.4 Å². The number of halogens is 1. The lowest BCUT2D eigenvalue weighted by Crippen LogP contribution is -2.49. The first-order valence-electron chi connectivity index (χ1n) is 8.32. The molecule has 1 N–H and O–H groups in total. The predicted molar refractivity (Wildman–Crippen MR) is 89.4 cm³/mol. The summed E-state index contributed by atoms with van der Waals surface area (Å²) < 4.78 is 20.5. The quantitative estimate of drug-likeness (QED) is 0.914. The highest BCUT2D eigenvalue weighted by atomic mass is 19.1. The van der Waals surface area contributed by atoms with Gasteiger partial charge in [0.2, 0.25) is 0 Å². The molecule has 2 rings (SSSR count). The van der Waals surface area contributed by atoms with E-state index in [2.05, 4.69) is 15.3 Å². The van der Waals surface area contributed by atoms with Gasteiger partial charge in [-0.2, -0.15) is 0 Å². The zero-order chi connectivity index (χ0) is 17.8. The zero-order valence-electron chi connectivity index (χ0n) is 14.9. The number of carbonyl (C=O) groups is 1. The van der Waals surface area contributed by atoms with Gasteiger partial charge in [0, 0.05) is 12.4 Å². The highest BCUT2D eigenvalue weighted by molar-refractivity contribution is 5.68. The molecule has 7 heteroatoms. The van der Waals surface area contributed by atoms with Gasteiger partial charge in [-0.25, -0.2) is 19.2 Å². The van der Waals surface area contributed by atoms with Crippen molar-refractivity contribution in [3.8, 4) is 0 Å². The fourth-order valence-electron chi connectivity index (χ4n) is 2.56. The monoisotopic (exact) mass is 338 g/mol. The van der Waals surface area contributed by atoms with Crippen molar-refractivity contribution in [1.29, 1.82) is 0 Å². The van der Waals surface area contributed by atoms with E-state index in [0.717, 1.165) is 5.56 Å². The first kappa shape index (κ1) is 18.6. The van der Waals surface area contributed by atoms with Crippen molar-refractivity contribution in [2.45, 2.75) is 58.4 Å². The van der Waals surface area contributed by atoms with Crippen LogP contribution in [-0.2, 0) is 11.3 Å². The number of piperidine rings is 1. The summed E-state index contributed by atoms with van der Waals surface area (Å²) in [5.41, 5.74) is -1.11. The van der Waals surface area contributed by atoms with E-state index in [1.807, 2.05) is 6.92 Å². The van der Waals surface area contributed by atoms with E-state index in [0.29, 0.717) is 31.8 Å². The maximum Gasteiger partial charge on any atom is 0.410 e. The van der Waals surface area contributed by atoms with Gasteiger partial charge >= 0.3 is 6.09 Å². The molecule has 1 saturated heterocycles. The average molecular weight is 338 g/mol. The minimum atomic E-state index is -1.41. The topological polar surface area (TPSA) is 67.4 Å². The third kappa shape index (κ3) is 5.70. The van der Waals surface area contributed by atoms with Crippen LogP contribution in [0.3, 0.4) is 0 Å². The number of nitrogens with zero attached hydrogens (tertiary/aromatic N) is 3. The zero-order valence-corrected chi connectivity index (χ0v) is 14.9. The number of nitrogens with one attached hydrogen (secondary N) is 1. The lowest BCUT2D eigenvalue weighted by atomic mass is 9.94. The Morgan fingerprint density at radius 2 is 1.92 bits per heavy atom. The lowest BCUT2D eigenvalue weighted by molar-refractivity contribution is 0.00123. The molecule has 0 bridgehead atoms. The molecule has 0 unspecified atom stereocenters. The van der Waals surface area contributed by atoms with Crippen LogP contribution in [0, 0.1) is 6.92 Å². The Bertz CT molecular complexity index is 551. The van der Waals surface area contributed by atoms with Crippen molar-refractivity contribution in [3.63, 3.8) is 0 Å². The third-order valence-electron chi connectivity index (χ3n) is 3.79. The predicted octanol–water partition coefficient (Wildman–Crippen LogP) is 2.61. The van der Waals surface area contributed by atoms with Crippen LogP contribution in [0.1, 0.15) is 45.0 Å².